The molecule has 0 bridgehead atoms. The number of hydrogen-bond acceptors (Lipinski definition) is 4. The molecule has 0 spiro atoms. The Balaban J connectivity index is 1.99. The molecule has 0 aromatic carbocycles. The monoisotopic (exact) mass is 273 g/mol. The zero-order valence-corrected chi connectivity index (χ0v) is 10.9. The Morgan fingerprint density at radius 2 is 2.28 bits per heavy atom. The van der Waals surface area contributed by atoms with Crippen molar-refractivity contribution >= 4 is 15.7 Å². The summed E-state index contributed by atoms with van der Waals surface area (Å²) in [6.45, 7) is 1.96. The third-order valence-electron chi connectivity index (χ3n) is 2.83. The van der Waals surface area contributed by atoms with Crippen molar-refractivity contribution < 1.29 is 12.8 Å². The predicted octanol–water partition coefficient (Wildman–Crippen LogP) is 1.10. The van der Waals surface area contributed by atoms with Crippen molar-refractivity contribution in [2.24, 2.45) is 0 Å². The summed E-state index contributed by atoms with van der Waals surface area (Å²) < 4.78 is 39.4. The summed E-state index contributed by atoms with van der Waals surface area (Å²) in [5.41, 5.74) is -0.0664. The van der Waals surface area contributed by atoms with E-state index < -0.39 is 21.1 Å². The first-order valence-electron chi connectivity index (χ1n) is 5.83. The van der Waals surface area contributed by atoms with Crippen LogP contribution in [0.4, 0.5) is 10.1 Å². The van der Waals surface area contributed by atoms with Gasteiger partial charge in [-0.15, -0.1) is 0 Å². The molecule has 2 N–H and O–H groups in total. The zero-order chi connectivity index (χ0) is 13.2. The number of anilines is 1. The Bertz CT molecular complexity index is 517. The number of halogens is 1. The summed E-state index contributed by atoms with van der Waals surface area (Å²) in [6, 6.07) is 1.74. The van der Waals surface area contributed by atoms with Gasteiger partial charge in [-0.05, 0) is 25.8 Å². The lowest BCUT2D eigenvalue weighted by molar-refractivity contribution is 0.574. The normalized spacial score (nSPS) is 17.4. The van der Waals surface area contributed by atoms with Crippen molar-refractivity contribution in [1.29, 1.82) is 0 Å². The van der Waals surface area contributed by atoms with Gasteiger partial charge in [0.25, 0.3) is 0 Å². The quantitative estimate of drug-likeness (QED) is 0.814. The Morgan fingerprint density at radius 1 is 1.56 bits per heavy atom. The van der Waals surface area contributed by atoms with Crippen LogP contribution in [0.3, 0.4) is 0 Å². The molecule has 0 amide bonds. The van der Waals surface area contributed by atoms with Crippen LogP contribution in [-0.4, -0.2) is 31.2 Å². The summed E-state index contributed by atoms with van der Waals surface area (Å²) in [6.07, 6.45) is 4.51. The maximum absolute atomic E-state index is 13.3. The lowest BCUT2D eigenvalue weighted by Gasteiger charge is -2.15. The molecule has 1 unspecified atom stereocenters. The molecule has 0 aliphatic heterocycles. The number of sulfonamides is 1. The molecular weight excluding hydrogens is 257 g/mol. The highest BCUT2D eigenvalue weighted by molar-refractivity contribution is 7.93. The van der Waals surface area contributed by atoms with E-state index in [9.17, 15) is 12.8 Å². The predicted molar refractivity (Wildman–Crippen MR) is 67.2 cm³/mol. The Hall–Kier alpha value is -1.21. The van der Waals surface area contributed by atoms with E-state index in [1.807, 2.05) is 0 Å². The molecule has 1 fully saturated rings. The molecule has 100 valence electrons. The van der Waals surface area contributed by atoms with Crippen LogP contribution in [0.5, 0.6) is 0 Å². The van der Waals surface area contributed by atoms with E-state index in [1.54, 1.807) is 6.92 Å². The lowest BCUT2D eigenvalue weighted by atomic mass is 10.4. The van der Waals surface area contributed by atoms with Gasteiger partial charge in [0, 0.05) is 18.8 Å². The number of pyridine rings is 1. The first-order chi connectivity index (χ1) is 8.49. The maximum Gasteiger partial charge on any atom is 0.236 e. The summed E-state index contributed by atoms with van der Waals surface area (Å²) in [4.78, 5) is 3.57. The van der Waals surface area contributed by atoms with Gasteiger partial charge in [0.2, 0.25) is 10.0 Å². The highest BCUT2D eigenvalue weighted by Crippen LogP contribution is 2.19. The van der Waals surface area contributed by atoms with E-state index in [-0.39, 0.29) is 5.69 Å². The number of aromatic nitrogens is 1. The Morgan fingerprint density at radius 3 is 2.89 bits per heavy atom. The summed E-state index contributed by atoms with van der Waals surface area (Å²) in [7, 11) is -3.58. The molecule has 0 saturated heterocycles. The number of nitrogens with zero attached hydrogens (tertiary/aromatic N) is 1. The summed E-state index contributed by atoms with van der Waals surface area (Å²) >= 11 is 0. The molecule has 7 heteroatoms. The Kier molecular flexibility index (Phi) is 3.82. The van der Waals surface area contributed by atoms with Crippen molar-refractivity contribution in [1.82, 2.24) is 10.3 Å². The molecule has 1 aliphatic rings. The molecule has 1 heterocycles. The molecule has 1 aromatic rings. The minimum atomic E-state index is -3.58. The molecule has 1 aliphatic carbocycles. The fraction of sp³-hybridized carbons (Fsp3) is 0.545. The van der Waals surface area contributed by atoms with Gasteiger partial charge in [-0.3, -0.25) is 9.71 Å². The average molecular weight is 273 g/mol. The first-order valence-corrected chi connectivity index (χ1v) is 7.38. The fourth-order valence-electron chi connectivity index (χ4n) is 1.44. The largest absolute Gasteiger partial charge is 0.313 e. The first kappa shape index (κ1) is 13.2. The SMILES string of the molecule is CC(CNC1CC1)S(=O)(=O)Nc1ccncc1F. The second-order valence-corrected chi connectivity index (χ2v) is 6.59. The topological polar surface area (TPSA) is 71.1 Å². The molecule has 18 heavy (non-hydrogen) atoms. The van der Waals surface area contributed by atoms with Crippen LogP contribution in [0.15, 0.2) is 18.5 Å². The molecule has 1 atom stereocenters. The van der Waals surface area contributed by atoms with Crippen molar-refractivity contribution in [2.45, 2.75) is 31.1 Å². The smallest absolute Gasteiger partial charge is 0.236 e. The Labute approximate surface area is 106 Å². The summed E-state index contributed by atoms with van der Waals surface area (Å²) in [5, 5.41) is 2.52. The molecular formula is C11H16FN3O2S. The van der Waals surface area contributed by atoms with Gasteiger partial charge in [0.15, 0.2) is 5.82 Å². The number of hydrogen-bond donors (Lipinski definition) is 2. The van der Waals surface area contributed by atoms with E-state index in [2.05, 4.69) is 15.0 Å². The van der Waals surface area contributed by atoms with E-state index in [0.717, 1.165) is 19.0 Å². The zero-order valence-electron chi connectivity index (χ0n) is 10.1. The average Bonchev–Trinajstić information content (AvgIpc) is 3.12. The standard InChI is InChI=1S/C11H16FN3O2S/c1-8(6-14-9-2-3-9)18(16,17)15-11-4-5-13-7-10(11)12/h4-5,7-9,14H,2-3,6H2,1H3,(H,13,15). The second-order valence-electron chi connectivity index (χ2n) is 4.50. The molecule has 2 rings (SSSR count). The number of rotatable bonds is 6. The minimum Gasteiger partial charge on any atom is -0.313 e. The van der Waals surface area contributed by atoms with Crippen LogP contribution in [0.1, 0.15) is 19.8 Å². The van der Waals surface area contributed by atoms with Crippen LogP contribution in [0.25, 0.3) is 0 Å². The maximum atomic E-state index is 13.3. The molecule has 5 nitrogen and oxygen atoms in total. The van der Waals surface area contributed by atoms with E-state index in [1.165, 1.54) is 12.3 Å². The minimum absolute atomic E-state index is 0.0664. The molecule has 0 radical (unpaired) electrons. The van der Waals surface area contributed by atoms with Gasteiger partial charge in [0.05, 0.1) is 17.1 Å². The third-order valence-corrected chi connectivity index (χ3v) is 4.56. The van der Waals surface area contributed by atoms with Crippen molar-refractivity contribution in [3.8, 4) is 0 Å². The van der Waals surface area contributed by atoms with Crippen molar-refractivity contribution in [3.05, 3.63) is 24.3 Å². The van der Waals surface area contributed by atoms with Crippen LogP contribution in [0.2, 0.25) is 0 Å². The van der Waals surface area contributed by atoms with Crippen LogP contribution in [0, 0.1) is 5.82 Å². The van der Waals surface area contributed by atoms with Gasteiger partial charge < -0.3 is 5.32 Å². The van der Waals surface area contributed by atoms with Gasteiger partial charge in [-0.1, -0.05) is 0 Å². The lowest BCUT2D eigenvalue weighted by Crippen LogP contribution is -2.35. The van der Waals surface area contributed by atoms with Crippen LogP contribution < -0.4 is 10.0 Å². The molecule has 1 saturated carbocycles. The highest BCUT2D eigenvalue weighted by atomic mass is 32.2. The van der Waals surface area contributed by atoms with Crippen LogP contribution in [-0.2, 0) is 10.0 Å². The summed E-state index contributed by atoms with van der Waals surface area (Å²) in [5.74, 6) is -0.677. The third kappa shape index (κ3) is 3.39. The number of nitrogens with one attached hydrogen (secondary N) is 2. The van der Waals surface area contributed by atoms with E-state index in [0.29, 0.717) is 12.6 Å². The van der Waals surface area contributed by atoms with Crippen molar-refractivity contribution in [2.75, 3.05) is 11.3 Å². The van der Waals surface area contributed by atoms with Gasteiger partial charge >= 0.3 is 0 Å². The highest BCUT2D eigenvalue weighted by Gasteiger charge is 2.26. The van der Waals surface area contributed by atoms with Crippen LogP contribution >= 0.6 is 0 Å². The van der Waals surface area contributed by atoms with Gasteiger partial charge in [-0.2, -0.15) is 0 Å². The van der Waals surface area contributed by atoms with Crippen molar-refractivity contribution in [3.63, 3.8) is 0 Å². The van der Waals surface area contributed by atoms with Gasteiger partial charge in [0.1, 0.15) is 0 Å². The molecule has 1 aromatic heterocycles. The second kappa shape index (κ2) is 5.19. The van der Waals surface area contributed by atoms with E-state index >= 15 is 0 Å². The fourth-order valence-corrected chi connectivity index (χ4v) is 2.43. The van der Waals surface area contributed by atoms with E-state index in [4.69, 9.17) is 0 Å². The van der Waals surface area contributed by atoms with Gasteiger partial charge in [-0.25, -0.2) is 12.8 Å².